The molecular weight excluding hydrogens is 509 g/mol. The van der Waals surface area contributed by atoms with Crippen LogP contribution >= 0.6 is 0 Å². The Bertz CT molecular complexity index is 1830. The molecule has 0 spiro atoms. The summed E-state index contributed by atoms with van der Waals surface area (Å²) in [5, 5.41) is 3.12. The molecule has 0 aliphatic carbocycles. The van der Waals surface area contributed by atoms with E-state index in [2.05, 4.69) is 14.8 Å². The minimum Gasteiger partial charge on any atom is -0.480 e. The van der Waals surface area contributed by atoms with E-state index in [0.717, 1.165) is 16.8 Å². The summed E-state index contributed by atoms with van der Waals surface area (Å²) in [5.74, 6) is -2.86. The Hall–Kier alpha value is -4.58. The third-order valence-electron chi connectivity index (χ3n) is 5.58. The molecule has 0 unspecified atom stereocenters. The maximum absolute atomic E-state index is 14.2. The van der Waals surface area contributed by atoms with Crippen LogP contribution in [-0.4, -0.2) is 30.3 Å². The summed E-state index contributed by atoms with van der Waals surface area (Å²) < 4.78 is 75.7. The quantitative estimate of drug-likeness (QED) is 0.336. The molecule has 12 heteroatoms. The average molecular weight is 526 g/mol. The lowest BCUT2D eigenvalue weighted by Crippen LogP contribution is -2.16. The number of ether oxygens (including phenoxy) is 1. The van der Waals surface area contributed by atoms with Crippen molar-refractivity contribution in [3.63, 3.8) is 0 Å². The van der Waals surface area contributed by atoms with Crippen molar-refractivity contribution in [3.8, 4) is 22.7 Å². The number of fused-ring (bicyclic) bond motifs is 1. The number of benzene rings is 3. The van der Waals surface area contributed by atoms with Gasteiger partial charge in [-0.05, 0) is 48.0 Å². The van der Waals surface area contributed by atoms with Gasteiger partial charge in [-0.2, -0.15) is 0 Å². The molecule has 188 valence electrons. The van der Waals surface area contributed by atoms with Crippen LogP contribution in [0.1, 0.15) is 0 Å². The number of anilines is 1. The van der Waals surface area contributed by atoms with Gasteiger partial charge in [-0.1, -0.05) is 18.2 Å². The van der Waals surface area contributed by atoms with Crippen LogP contribution in [0, 0.1) is 17.5 Å². The number of pyridine rings is 1. The van der Waals surface area contributed by atoms with E-state index in [1.807, 2.05) is 0 Å². The molecule has 3 aromatic carbocycles. The van der Waals surface area contributed by atoms with Crippen molar-refractivity contribution in [2.75, 3.05) is 11.8 Å². The summed E-state index contributed by atoms with van der Waals surface area (Å²) in [6.45, 7) is 0. The second-order valence-corrected chi connectivity index (χ2v) is 9.58. The molecule has 5 aromatic rings. The molecular formula is C25H17F3N4O4S. The maximum Gasteiger partial charge on any atom is 0.279 e. The van der Waals surface area contributed by atoms with Gasteiger partial charge in [0.15, 0.2) is 0 Å². The van der Waals surface area contributed by atoms with Gasteiger partial charge < -0.3 is 4.74 Å². The van der Waals surface area contributed by atoms with Crippen molar-refractivity contribution in [2.24, 2.45) is 0 Å². The molecule has 0 bridgehead atoms. The van der Waals surface area contributed by atoms with Crippen molar-refractivity contribution < 1.29 is 26.3 Å². The average Bonchev–Trinajstić information content (AvgIpc) is 3.19. The lowest BCUT2D eigenvalue weighted by Gasteiger charge is -2.13. The van der Waals surface area contributed by atoms with Crippen LogP contribution in [0.15, 0.2) is 82.6 Å². The Morgan fingerprint density at radius 1 is 0.946 bits per heavy atom. The summed E-state index contributed by atoms with van der Waals surface area (Å²) in [7, 11) is -3.20. The molecule has 0 aliphatic heterocycles. The fraction of sp³-hybridized carbons (Fsp3) is 0.0400. The van der Waals surface area contributed by atoms with Gasteiger partial charge in [0.2, 0.25) is 5.88 Å². The van der Waals surface area contributed by atoms with Gasteiger partial charge in [0.1, 0.15) is 33.7 Å². The van der Waals surface area contributed by atoms with E-state index in [0.29, 0.717) is 22.7 Å². The van der Waals surface area contributed by atoms with Crippen molar-refractivity contribution in [2.45, 2.75) is 4.90 Å². The van der Waals surface area contributed by atoms with Crippen LogP contribution in [-0.2, 0) is 10.0 Å². The van der Waals surface area contributed by atoms with Gasteiger partial charge in [0, 0.05) is 17.8 Å². The molecule has 0 saturated carbocycles. The SMILES string of the molecule is COc1ncc(-c2ccc3[nH]n(-c4ccccc4F)c(=O)c3c2)cc1NS(=O)(=O)c1ccc(F)cc1F. The van der Waals surface area contributed by atoms with Crippen molar-refractivity contribution in [3.05, 3.63) is 101 Å². The van der Waals surface area contributed by atoms with Crippen molar-refractivity contribution >= 4 is 26.6 Å². The zero-order valence-corrected chi connectivity index (χ0v) is 19.8. The Kier molecular flexibility index (Phi) is 5.96. The van der Waals surface area contributed by atoms with Crippen LogP contribution in [0.2, 0.25) is 0 Å². The highest BCUT2D eigenvalue weighted by Gasteiger charge is 2.22. The van der Waals surface area contributed by atoms with Crippen molar-refractivity contribution in [1.29, 1.82) is 0 Å². The highest BCUT2D eigenvalue weighted by Crippen LogP contribution is 2.31. The van der Waals surface area contributed by atoms with Gasteiger partial charge in [-0.25, -0.2) is 31.3 Å². The minimum absolute atomic E-state index is 0.0566. The molecule has 0 radical (unpaired) electrons. The molecule has 2 heterocycles. The number of nitrogens with one attached hydrogen (secondary N) is 2. The fourth-order valence-corrected chi connectivity index (χ4v) is 4.94. The highest BCUT2D eigenvalue weighted by molar-refractivity contribution is 7.92. The van der Waals surface area contributed by atoms with E-state index in [1.165, 1.54) is 37.6 Å². The number of hydrogen-bond donors (Lipinski definition) is 2. The normalized spacial score (nSPS) is 11.6. The molecule has 0 aliphatic rings. The van der Waals surface area contributed by atoms with Gasteiger partial charge in [0.05, 0.1) is 18.0 Å². The third-order valence-corrected chi connectivity index (χ3v) is 6.98. The second kappa shape index (κ2) is 9.13. The van der Waals surface area contributed by atoms with E-state index in [4.69, 9.17) is 4.74 Å². The van der Waals surface area contributed by atoms with Gasteiger partial charge in [-0.15, -0.1) is 0 Å². The Balaban J connectivity index is 1.56. The smallest absolute Gasteiger partial charge is 0.279 e. The fourth-order valence-electron chi connectivity index (χ4n) is 3.83. The predicted octanol–water partition coefficient (Wildman–Crippen LogP) is 4.61. The van der Waals surface area contributed by atoms with Gasteiger partial charge in [0.25, 0.3) is 15.6 Å². The summed E-state index contributed by atoms with van der Waals surface area (Å²) in [4.78, 5) is 16.4. The lowest BCUT2D eigenvalue weighted by molar-refractivity contribution is 0.400. The van der Waals surface area contributed by atoms with E-state index in [-0.39, 0.29) is 22.6 Å². The Morgan fingerprint density at radius 2 is 1.73 bits per heavy atom. The van der Waals surface area contributed by atoms with E-state index >= 15 is 0 Å². The number of nitrogens with zero attached hydrogens (tertiary/aromatic N) is 2. The molecule has 37 heavy (non-hydrogen) atoms. The largest absolute Gasteiger partial charge is 0.480 e. The predicted molar refractivity (Wildman–Crippen MR) is 131 cm³/mol. The molecule has 5 rings (SSSR count). The lowest BCUT2D eigenvalue weighted by atomic mass is 10.1. The Morgan fingerprint density at radius 3 is 2.46 bits per heavy atom. The number of rotatable bonds is 6. The molecule has 0 amide bonds. The first kappa shape index (κ1) is 24.1. The number of H-pyrrole nitrogens is 1. The van der Waals surface area contributed by atoms with Gasteiger partial charge >= 0.3 is 0 Å². The maximum atomic E-state index is 14.2. The zero-order valence-electron chi connectivity index (χ0n) is 19.0. The summed E-state index contributed by atoms with van der Waals surface area (Å²) >= 11 is 0. The summed E-state index contributed by atoms with van der Waals surface area (Å²) in [6.07, 6.45) is 1.40. The standard InChI is InChI=1S/C25H17F3N4O4S/c1-36-24-21(31-37(34,35)23-9-7-16(26)12-19(23)28)11-15(13-29-24)14-6-8-20-17(10-14)25(33)32(30-20)22-5-3-2-4-18(22)27/h2-13,30-31H,1H3. The number of sulfonamides is 1. The second-order valence-electron chi connectivity index (χ2n) is 7.93. The minimum atomic E-state index is -4.47. The summed E-state index contributed by atoms with van der Waals surface area (Å²) in [6, 6.07) is 14.1. The number of hydrogen-bond acceptors (Lipinski definition) is 5. The number of aromatic nitrogens is 3. The molecule has 8 nitrogen and oxygen atoms in total. The molecule has 0 fully saturated rings. The van der Waals surface area contributed by atoms with E-state index in [9.17, 15) is 26.4 Å². The molecule has 0 saturated heterocycles. The van der Waals surface area contributed by atoms with Crippen LogP contribution in [0.5, 0.6) is 5.88 Å². The molecule has 2 aromatic heterocycles. The monoisotopic (exact) mass is 526 g/mol. The number of halogens is 3. The van der Waals surface area contributed by atoms with E-state index < -0.39 is 37.9 Å². The first-order valence-corrected chi connectivity index (χ1v) is 12.2. The van der Waals surface area contributed by atoms with Crippen LogP contribution in [0.3, 0.4) is 0 Å². The van der Waals surface area contributed by atoms with Crippen LogP contribution in [0.4, 0.5) is 18.9 Å². The number of para-hydroxylation sites is 1. The first-order chi connectivity index (χ1) is 17.7. The number of aromatic amines is 1. The first-order valence-electron chi connectivity index (χ1n) is 10.7. The summed E-state index contributed by atoms with van der Waals surface area (Å²) in [5.41, 5.74) is 0.802. The van der Waals surface area contributed by atoms with Gasteiger partial charge in [-0.3, -0.25) is 14.6 Å². The zero-order chi connectivity index (χ0) is 26.3. The van der Waals surface area contributed by atoms with Crippen LogP contribution in [0.25, 0.3) is 27.7 Å². The number of methoxy groups -OCH3 is 1. The Labute approximate surface area is 208 Å². The topological polar surface area (TPSA) is 106 Å². The molecule has 2 N–H and O–H groups in total. The molecule has 0 atom stereocenters. The third kappa shape index (κ3) is 4.42. The van der Waals surface area contributed by atoms with Crippen molar-refractivity contribution in [1.82, 2.24) is 14.8 Å². The van der Waals surface area contributed by atoms with Crippen LogP contribution < -0.4 is 15.0 Å². The van der Waals surface area contributed by atoms with E-state index in [1.54, 1.807) is 24.3 Å². The highest BCUT2D eigenvalue weighted by atomic mass is 32.2.